The van der Waals surface area contributed by atoms with Crippen molar-refractivity contribution in [3.63, 3.8) is 0 Å². The van der Waals surface area contributed by atoms with Crippen molar-refractivity contribution in [3.05, 3.63) is 23.8 Å². The van der Waals surface area contributed by atoms with Gasteiger partial charge in [0, 0.05) is 25.0 Å². The van der Waals surface area contributed by atoms with Crippen molar-refractivity contribution >= 4 is 11.4 Å². The third-order valence-corrected chi connectivity index (χ3v) is 2.23. The standard InChI is InChI=1S/C10H16N2/c1-4-12(3)10-7-5-6-9(11)8(10)2/h5-7H,4,11H2,1-3H3. The Kier molecular flexibility index (Phi) is 2.58. The Hall–Kier alpha value is -1.18. The first-order valence-corrected chi connectivity index (χ1v) is 4.23. The molecule has 2 nitrogen and oxygen atoms in total. The highest BCUT2D eigenvalue weighted by Gasteiger charge is 2.03. The van der Waals surface area contributed by atoms with E-state index in [0.717, 1.165) is 12.2 Å². The smallest absolute Gasteiger partial charge is 0.0413 e. The van der Waals surface area contributed by atoms with Gasteiger partial charge in [0.25, 0.3) is 0 Å². The SMILES string of the molecule is CCN(C)c1cccc(N)c1C. The maximum atomic E-state index is 5.79. The molecule has 0 spiro atoms. The molecule has 2 N–H and O–H groups in total. The van der Waals surface area contributed by atoms with Crippen molar-refractivity contribution in [2.24, 2.45) is 0 Å². The minimum absolute atomic E-state index is 0.868. The number of anilines is 2. The summed E-state index contributed by atoms with van der Waals surface area (Å²) in [5.74, 6) is 0. The highest BCUT2D eigenvalue weighted by Crippen LogP contribution is 2.23. The van der Waals surface area contributed by atoms with Crippen LogP contribution in [0.1, 0.15) is 12.5 Å². The fourth-order valence-corrected chi connectivity index (χ4v) is 1.22. The van der Waals surface area contributed by atoms with E-state index in [1.165, 1.54) is 11.3 Å². The topological polar surface area (TPSA) is 29.3 Å². The maximum absolute atomic E-state index is 5.79. The van der Waals surface area contributed by atoms with Crippen molar-refractivity contribution in [1.29, 1.82) is 0 Å². The van der Waals surface area contributed by atoms with Crippen LogP contribution in [0, 0.1) is 6.92 Å². The molecule has 66 valence electrons. The Morgan fingerprint density at radius 1 is 1.42 bits per heavy atom. The van der Waals surface area contributed by atoms with Gasteiger partial charge in [0.15, 0.2) is 0 Å². The van der Waals surface area contributed by atoms with Crippen LogP contribution in [0.15, 0.2) is 18.2 Å². The highest BCUT2D eigenvalue weighted by atomic mass is 15.1. The lowest BCUT2D eigenvalue weighted by Gasteiger charge is -2.19. The molecule has 0 aliphatic heterocycles. The van der Waals surface area contributed by atoms with E-state index in [-0.39, 0.29) is 0 Å². The average molecular weight is 164 g/mol. The average Bonchev–Trinajstić information content (AvgIpc) is 2.08. The molecule has 0 saturated carbocycles. The first kappa shape index (κ1) is 8.91. The largest absolute Gasteiger partial charge is 0.398 e. The number of benzene rings is 1. The molecule has 0 radical (unpaired) electrons. The Balaban J connectivity index is 3.07. The minimum Gasteiger partial charge on any atom is -0.398 e. The van der Waals surface area contributed by atoms with E-state index < -0.39 is 0 Å². The molecule has 0 aliphatic carbocycles. The van der Waals surface area contributed by atoms with Crippen LogP contribution in [0.3, 0.4) is 0 Å². The van der Waals surface area contributed by atoms with Crippen LogP contribution < -0.4 is 10.6 Å². The molecule has 12 heavy (non-hydrogen) atoms. The molecule has 1 aromatic rings. The van der Waals surface area contributed by atoms with Gasteiger partial charge in [-0.2, -0.15) is 0 Å². The van der Waals surface area contributed by atoms with Gasteiger partial charge in [-0.15, -0.1) is 0 Å². The van der Waals surface area contributed by atoms with Crippen LogP contribution >= 0.6 is 0 Å². The first-order valence-electron chi connectivity index (χ1n) is 4.23. The summed E-state index contributed by atoms with van der Waals surface area (Å²) in [5, 5.41) is 0. The van der Waals surface area contributed by atoms with Crippen LogP contribution in [0.5, 0.6) is 0 Å². The van der Waals surface area contributed by atoms with Gasteiger partial charge < -0.3 is 10.6 Å². The van der Waals surface area contributed by atoms with Crippen molar-refractivity contribution in [2.75, 3.05) is 24.2 Å². The van der Waals surface area contributed by atoms with E-state index >= 15 is 0 Å². The van der Waals surface area contributed by atoms with Gasteiger partial charge in [0.05, 0.1) is 0 Å². The molecule has 0 fully saturated rings. The molecule has 0 heterocycles. The van der Waals surface area contributed by atoms with Crippen molar-refractivity contribution in [3.8, 4) is 0 Å². The van der Waals surface area contributed by atoms with Gasteiger partial charge in [0.1, 0.15) is 0 Å². The summed E-state index contributed by atoms with van der Waals surface area (Å²) in [6, 6.07) is 6.02. The molecule has 0 aliphatic rings. The first-order chi connectivity index (χ1) is 5.66. The molecular weight excluding hydrogens is 148 g/mol. The second-order valence-corrected chi connectivity index (χ2v) is 3.01. The molecule has 0 unspecified atom stereocenters. The van der Waals surface area contributed by atoms with E-state index in [1.54, 1.807) is 0 Å². The number of nitrogen functional groups attached to an aromatic ring is 1. The van der Waals surface area contributed by atoms with E-state index in [1.807, 2.05) is 12.1 Å². The van der Waals surface area contributed by atoms with Crippen LogP contribution in [0.25, 0.3) is 0 Å². The fraction of sp³-hybridized carbons (Fsp3) is 0.400. The third-order valence-electron chi connectivity index (χ3n) is 2.23. The van der Waals surface area contributed by atoms with Crippen molar-refractivity contribution in [1.82, 2.24) is 0 Å². The van der Waals surface area contributed by atoms with Gasteiger partial charge in [0.2, 0.25) is 0 Å². The molecule has 0 aromatic heterocycles. The summed E-state index contributed by atoms with van der Waals surface area (Å²) in [7, 11) is 2.07. The summed E-state index contributed by atoms with van der Waals surface area (Å²) in [4.78, 5) is 2.19. The van der Waals surface area contributed by atoms with Crippen LogP contribution in [-0.2, 0) is 0 Å². The predicted molar refractivity (Wildman–Crippen MR) is 54.5 cm³/mol. The molecule has 1 rings (SSSR count). The van der Waals surface area contributed by atoms with Crippen LogP contribution in [0.4, 0.5) is 11.4 Å². The van der Waals surface area contributed by atoms with Crippen molar-refractivity contribution in [2.45, 2.75) is 13.8 Å². The van der Waals surface area contributed by atoms with E-state index in [0.29, 0.717) is 0 Å². The molecule has 1 aromatic carbocycles. The summed E-state index contributed by atoms with van der Waals surface area (Å²) in [6.45, 7) is 5.18. The quantitative estimate of drug-likeness (QED) is 0.678. The molecule has 0 bridgehead atoms. The molecule has 0 saturated heterocycles. The maximum Gasteiger partial charge on any atom is 0.0413 e. The molecule has 0 atom stereocenters. The van der Waals surface area contributed by atoms with Gasteiger partial charge >= 0.3 is 0 Å². The highest BCUT2D eigenvalue weighted by molar-refractivity contribution is 5.63. The molecular formula is C10H16N2. The van der Waals surface area contributed by atoms with Crippen molar-refractivity contribution < 1.29 is 0 Å². The second-order valence-electron chi connectivity index (χ2n) is 3.01. The van der Waals surface area contributed by atoms with Gasteiger partial charge in [-0.3, -0.25) is 0 Å². The zero-order valence-electron chi connectivity index (χ0n) is 7.96. The summed E-state index contributed by atoms with van der Waals surface area (Å²) >= 11 is 0. The number of hydrogen-bond donors (Lipinski definition) is 1. The normalized spacial score (nSPS) is 9.92. The number of rotatable bonds is 2. The van der Waals surface area contributed by atoms with Crippen LogP contribution in [0.2, 0.25) is 0 Å². The minimum atomic E-state index is 0.868. The zero-order valence-corrected chi connectivity index (χ0v) is 7.96. The van der Waals surface area contributed by atoms with Gasteiger partial charge in [-0.1, -0.05) is 6.07 Å². The summed E-state index contributed by atoms with van der Waals surface area (Å²) in [5.41, 5.74) is 9.04. The van der Waals surface area contributed by atoms with E-state index in [2.05, 4.69) is 31.9 Å². The number of nitrogens with two attached hydrogens (primary N) is 1. The third kappa shape index (κ3) is 1.52. The van der Waals surface area contributed by atoms with Gasteiger partial charge in [-0.05, 0) is 31.5 Å². The lowest BCUT2D eigenvalue weighted by Crippen LogP contribution is -2.17. The zero-order chi connectivity index (χ0) is 9.14. The Bertz CT molecular complexity index is 269. The van der Waals surface area contributed by atoms with E-state index in [9.17, 15) is 0 Å². The molecule has 2 heteroatoms. The second kappa shape index (κ2) is 3.48. The van der Waals surface area contributed by atoms with Gasteiger partial charge in [-0.25, -0.2) is 0 Å². The Labute approximate surface area is 74.0 Å². The Morgan fingerprint density at radius 2 is 2.08 bits per heavy atom. The number of hydrogen-bond acceptors (Lipinski definition) is 2. The van der Waals surface area contributed by atoms with E-state index in [4.69, 9.17) is 5.73 Å². The Morgan fingerprint density at radius 3 is 2.67 bits per heavy atom. The monoisotopic (exact) mass is 164 g/mol. The number of nitrogens with zero attached hydrogens (tertiary/aromatic N) is 1. The predicted octanol–water partition coefficient (Wildman–Crippen LogP) is 2.03. The lowest BCUT2D eigenvalue weighted by molar-refractivity contribution is 0.962. The van der Waals surface area contributed by atoms with Crippen LogP contribution in [-0.4, -0.2) is 13.6 Å². The fourth-order valence-electron chi connectivity index (χ4n) is 1.22. The summed E-state index contributed by atoms with van der Waals surface area (Å²) < 4.78 is 0. The summed E-state index contributed by atoms with van der Waals surface area (Å²) in [6.07, 6.45) is 0. The molecule has 0 amide bonds. The lowest BCUT2D eigenvalue weighted by atomic mass is 10.1.